The number of para-hydroxylation sites is 1. The number of benzene rings is 1. The number of hydrogen-bond donors (Lipinski definition) is 1. The Kier molecular flexibility index (Phi) is 5.86. The van der Waals surface area contributed by atoms with Gasteiger partial charge in [0.25, 0.3) is 0 Å². The zero-order valence-electron chi connectivity index (χ0n) is 12.7. The monoisotopic (exact) mass is 277 g/mol. The van der Waals surface area contributed by atoms with Crippen LogP contribution in [0.2, 0.25) is 0 Å². The molecule has 0 amide bonds. The van der Waals surface area contributed by atoms with Crippen LogP contribution in [-0.4, -0.2) is 42.4 Å². The molecule has 0 bridgehead atoms. The molecule has 3 heteroatoms. The van der Waals surface area contributed by atoms with E-state index in [-0.39, 0.29) is 0 Å². The molecule has 2 rings (SSSR count). The summed E-state index contributed by atoms with van der Waals surface area (Å²) in [4.78, 5) is 2.30. The van der Waals surface area contributed by atoms with Crippen LogP contribution in [0.3, 0.4) is 0 Å². The largest absolute Gasteiger partial charge is 0.491 e. The lowest BCUT2D eigenvalue weighted by molar-refractivity contribution is 0.0532. The molecule has 0 aliphatic heterocycles. The van der Waals surface area contributed by atoms with Crippen molar-refractivity contribution in [3.63, 3.8) is 0 Å². The van der Waals surface area contributed by atoms with Gasteiger partial charge < -0.3 is 14.7 Å². The van der Waals surface area contributed by atoms with Gasteiger partial charge in [-0.05, 0) is 50.8 Å². The van der Waals surface area contributed by atoms with E-state index in [1.165, 1.54) is 25.7 Å². The normalized spacial score (nSPS) is 24.6. The zero-order chi connectivity index (χ0) is 14.4. The molecule has 1 aromatic carbocycles. The highest BCUT2D eigenvalue weighted by atomic mass is 16.5. The van der Waals surface area contributed by atoms with Crippen LogP contribution in [0.25, 0.3) is 0 Å². The molecule has 3 nitrogen and oxygen atoms in total. The minimum absolute atomic E-state index is 0.359. The number of aliphatic hydroxyl groups excluding tert-OH is 1. The van der Waals surface area contributed by atoms with Crippen molar-refractivity contribution in [1.29, 1.82) is 0 Å². The lowest BCUT2D eigenvalue weighted by atomic mass is 9.87. The first-order chi connectivity index (χ1) is 9.65. The maximum atomic E-state index is 10.1. The first-order valence-electron chi connectivity index (χ1n) is 7.71. The van der Waals surface area contributed by atoms with E-state index in [9.17, 15) is 5.11 Å². The molecular weight excluding hydrogens is 250 g/mol. The van der Waals surface area contributed by atoms with Crippen LogP contribution in [0.1, 0.15) is 32.6 Å². The molecular formula is C17H27NO2. The van der Waals surface area contributed by atoms with Crippen molar-refractivity contribution in [1.82, 2.24) is 4.90 Å². The molecule has 1 aliphatic carbocycles. The minimum Gasteiger partial charge on any atom is -0.491 e. The summed E-state index contributed by atoms with van der Waals surface area (Å²) in [6.07, 6.45) is 4.70. The molecule has 1 aromatic rings. The molecule has 0 spiro atoms. The lowest BCUT2D eigenvalue weighted by Crippen LogP contribution is -2.41. The number of ether oxygens (including phenoxy) is 1. The van der Waals surface area contributed by atoms with Crippen LogP contribution >= 0.6 is 0 Å². The quantitative estimate of drug-likeness (QED) is 0.868. The number of rotatable bonds is 6. The second-order valence-corrected chi connectivity index (χ2v) is 6.13. The second-order valence-electron chi connectivity index (χ2n) is 6.13. The summed E-state index contributed by atoms with van der Waals surface area (Å²) in [5.74, 6) is 1.69. The van der Waals surface area contributed by atoms with Crippen LogP contribution < -0.4 is 4.74 Å². The first kappa shape index (κ1) is 15.3. The topological polar surface area (TPSA) is 32.7 Å². The summed E-state index contributed by atoms with van der Waals surface area (Å²) >= 11 is 0. The minimum atomic E-state index is -0.431. The van der Waals surface area contributed by atoms with Crippen LogP contribution in [0.15, 0.2) is 30.3 Å². The maximum Gasteiger partial charge on any atom is 0.119 e. The lowest BCUT2D eigenvalue weighted by Gasteiger charge is -2.34. The van der Waals surface area contributed by atoms with E-state index in [2.05, 4.69) is 18.9 Å². The fraction of sp³-hybridized carbons (Fsp3) is 0.647. The number of nitrogens with zero attached hydrogens (tertiary/aromatic N) is 1. The van der Waals surface area contributed by atoms with Gasteiger partial charge >= 0.3 is 0 Å². The van der Waals surface area contributed by atoms with E-state index in [0.717, 1.165) is 11.7 Å². The molecule has 1 unspecified atom stereocenters. The average Bonchev–Trinajstić information content (AvgIpc) is 2.47. The molecule has 20 heavy (non-hydrogen) atoms. The first-order valence-corrected chi connectivity index (χ1v) is 7.71. The molecule has 0 radical (unpaired) electrons. The van der Waals surface area contributed by atoms with Gasteiger partial charge in [0.1, 0.15) is 18.5 Å². The number of hydrogen-bond acceptors (Lipinski definition) is 3. The van der Waals surface area contributed by atoms with Crippen molar-refractivity contribution in [3.05, 3.63) is 30.3 Å². The molecule has 1 aliphatic rings. The second kappa shape index (κ2) is 7.65. The summed E-state index contributed by atoms with van der Waals surface area (Å²) in [6, 6.07) is 10.3. The maximum absolute atomic E-state index is 10.1. The summed E-state index contributed by atoms with van der Waals surface area (Å²) in [6.45, 7) is 3.38. The highest BCUT2D eigenvalue weighted by Gasteiger charge is 2.23. The predicted octanol–water partition coefficient (Wildman–Crippen LogP) is 2.94. The van der Waals surface area contributed by atoms with Crippen molar-refractivity contribution < 1.29 is 9.84 Å². The Labute approximate surface area is 122 Å². The highest BCUT2D eigenvalue weighted by Crippen LogP contribution is 2.26. The van der Waals surface area contributed by atoms with Crippen molar-refractivity contribution in [2.24, 2.45) is 5.92 Å². The average molecular weight is 277 g/mol. The summed E-state index contributed by atoms with van der Waals surface area (Å²) < 4.78 is 5.60. The Morgan fingerprint density at radius 3 is 2.50 bits per heavy atom. The van der Waals surface area contributed by atoms with E-state index < -0.39 is 6.10 Å². The van der Waals surface area contributed by atoms with Crippen LogP contribution in [-0.2, 0) is 0 Å². The Morgan fingerprint density at radius 2 is 1.85 bits per heavy atom. The standard InChI is InChI=1S/C17H27NO2/c1-14-8-10-15(11-9-14)18(2)12-16(19)13-20-17-6-4-3-5-7-17/h3-7,14-16,19H,8-13H2,1-2H3. The predicted molar refractivity (Wildman–Crippen MR) is 82.0 cm³/mol. The molecule has 0 heterocycles. The van der Waals surface area contributed by atoms with Crippen LogP contribution in [0.4, 0.5) is 0 Å². The molecule has 0 aromatic heterocycles. The van der Waals surface area contributed by atoms with Crippen molar-refractivity contribution >= 4 is 0 Å². The summed E-state index contributed by atoms with van der Waals surface area (Å²) in [5.41, 5.74) is 0. The third kappa shape index (κ3) is 4.80. The number of aliphatic hydroxyl groups is 1. The molecule has 1 saturated carbocycles. The van der Waals surface area contributed by atoms with E-state index in [1.807, 2.05) is 30.3 Å². The number of likely N-dealkylation sites (N-methyl/N-ethyl adjacent to an activating group) is 1. The Hall–Kier alpha value is -1.06. The Bertz CT molecular complexity index is 374. The van der Waals surface area contributed by atoms with Gasteiger partial charge in [0, 0.05) is 12.6 Å². The highest BCUT2D eigenvalue weighted by molar-refractivity contribution is 5.20. The van der Waals surface area contributed by atoms with Gasteiger partial charge in [-0.25, -0.2) is 0 Å². The van der Waals surface area contributed by atoms with Gasteiger partial charge in [0.15, 0.2) is 0 Å². The SMILES string of the molecule is CC1CCC(N(C)CC(O)COc2ccccc2)CC1. The fourth-order valence-electron chi connectivity index (χ4n) is 2.93. The van der Waals surface area contributed by atoms with Crippen LogP contribution in [0.5, 0.6) is 5.75 Å². The van der Waals surface area contributed by atoms with Gasteiger partial charge in [0.2, 0.25) is 0 Å². The van der Waals surface area contributed by atoms with Crippen molar-refractivity contribution in [3.8, 4) is 5.75 Å². The van der Waals surface area contributed by atoms with E-state index in [4.69, 9.17) is 4.74 Å². The van der Waals surface area contributed by atoms with Crippen molar-refractivity contribution in [2.45, 2.75) is 44.8 Å². The third-order valence-electron chi connectivity index (χ3n) is 4.29. The van der Waals surface area contributed by atoms with E-state index in [0.29, 0.717) is 19.2 Å². The zero-order valence-corrected chi connectivity index (χ0v) is 12.7. The van der Waals surface area contributed by atoms with Crippen molar-refractivity contribution in [2.75, 3.05) is 20.2 Å². The van der Waals surface area contributed by atoms with E-state index >= 15 is 0 Å². The summed E-state index contributed by atoms with van der Waals surface area (Å²) in [5, 5.41) is 10.1. The summed E-state index contributed by atoms with van der Waals surface area (Å²) in [7, 11) is 2.12. The van der Waals surface area contributed by atoms with Gasteiger partial charge in [-0.2, -0.15) is 0 Å². The van der Waals surface area contributed by atoms with Crippen LogP contribution in [0, 0.1) is 5.92 Å². The molecule has 1 N–H and O–H groups in total. The van der Waals surface area contributed by atoms with Gasteiger partial charge in [0.05, 0.1) is 0 Å². The molecule has 0 saturated heterocycles. The molecule has 112 valence electrons. The smallest absolute Gasteiger partial charge is 0.119 e. The van der Waals surface area contributed by atoms with Gasteiger partial charge in [-0.3, -0.25) is 0 Å². The van der Waals surface area contributed by atoms with Gasteiger partial charge in [-0.1, -0.05) is 25.1 Å². The van der Waals surface area contributed by atoms with E-state index in [1.54, 1.807) is 0 Å². The molecule has 1 fully saturated rings. The third-order valence-corrected chi connectivity index (χ3v) is 4.29. The fourth-order valence-corrected chi connectivity index (χ4v) is 2.93. The Morgan fingerprint density at radius 1 is 1.20 bits per heavy atom. The van der Waals surface area contributed by atoms with Gasteiger partial charge in [-0.15, -0.1) is 0 Å². The Balaban J connectivity index is 1.69. The molecule has 1 atom stereocenters.